The van der Waals surface area contributed by atoms with Gasteiger partial charge >= 0.3 is 0 Å². The van der Waals surface area contributed by atoms with Crippen molar-refractivity contribution >= 4 is 28.8 Å². The molecular formula is C22H27N9O2. The highest BCUT2D eigenvalue weighted by Crippen LogP contribution is 2.35. The number of fused-ring (bicyclic) bond motifs is 1. The van der Waals surface area contributed by atoms with Crippen molar-refractivity contribution in [1.82, 2.24) is 39.7 Å². The zero-order valence-electron chi connectivity index (χ0n) is 19.7. The highest BCUT2D eigenvalue weighted by Gasteiger charge is 2.44. The zero-order valence-corrected chi connectivity index (χ0v) is 18.7. The number of nitrogens with one attached hydrogen (secondary N) is 2. The molecular weight excluding hydrogens is 422 g/mol. The van der Waals surface area contributed by atoms with Crippen LogP contribution in [0.3, 0.4) is 0 Å². The van der Waals surface area contributed by atoms with Gasteiger partial charge in [0.15, 0.2) is 17.0 Å². The van der Waals surface area contributed by atoms with Gasteiger partial charge in [0.05, 0.1) is 5.56 Å². The summed E-state index contributed by atoms with van der Waals surface area (Å²) >= 11 is 0. The maximum Gasteiger partial charge on any atom is 0.242 e. The maximum absolute atomic E-state index is 12.8. The molecule has 0 aromatic carbocycles. The quantitative estimate of drug-likeness (QED) is 0.572. The molecule has 1 unspecified atom stereocenters. The van der Waals surface area contributed by atoms with Gasteiger partial charge in [-0.1, -0.05) is 0 Å². The molecule has 2 aliphatic rings. The molecule has 0 radical (unpaired) electrons. The van der Waals surface area contributed by atoms with Gasteiger partial charge in [-0.15, -0.1) is 0 Å². The summed E-state index contributed by atoms with van der Waals surface area (Å²) in [6.07, 6.45) is 7.14. The van der Waals surface area contributed by atoms with Crippen LogP contribution in [0.15, 0.2) is 18.7 Å². The van der Waals surface area contributed by atoms with E-state index in [-0.39, 0.29) is 30.8 Å². The molecule has 0 bridgehead atoms. The summed E-state index contributed by atoms with van der Waals surface area (Å²) in [6, 6.07) is -0.776. The number of hydrogen-bond donors (Lipinski definition) is 2. The second-order valence-corrected chi connectivity index (χ2v) is 8.49. The summed E-state index contributed by atoms with van der Waals surface area (Å²) in [4.78, 5) is 49.3. The number of likely N-dealkylation sites (N-methyl/N-ethyl adjacent to an activating group) is 1. The van der Waals surface area contributed by atoms with E-state index in [1.807, 2.05) is 18.4 Å². The van der Waals surface area contributed by atoms with E-state index in [9.17, 15) is 9.59 Å². The first-order valence-corrected chi connectivity index (χ1v) is 11.1. The predicted octanol–water partition coefficient (Wildman–Crippen LogP) is 1.15. The van der Waals surface area contributed by atoms with Crippen LogP contribution in [0.5, 0.6) is 0 Å². The number of aryl methyl sites for hydroxylation is 2. The van der Waals surface area contributed by atoms with Gasteiger partial charge in [0.25, 0.3) is 0 Å². The molecule has 3 aromatic heterocycles. The normalized spacial score (nSPS) is 20.7. The number of imidazole rings is 1. The van der Waals surface area contributed by atoms with Gasteiger partial charge in [-0.2, -0.15) is 0 Å². The van der Waals surface area contributed by atoms with E-state index >= 15 is 0 Å². The van der Waals surface area contributed by atoms with Crippen LogP contribution in [0.25, 0.3) is 22.6 Å². The fraction of sp³-hybridized carbons (Fsp3) is 0.500. The highest BCUT2D eigenvalue weighted by molar-refractivity contribution is 5.90. The number of hydrogen-bond acceptors (Lipinski definition) is 8. The number of carbonyl (C=O) groups excluding carboxylic acids is 2. The van der Waals surface area contributed by atoms with Gasteiger partial charge in [-0.3, -0.25) is 9.59 Å². The van der Waals surface area contributed by atoms with Crippen LogP contribution < -0.4 is 10.6 Å². The second kappa shape index (κ2) is 8.38. The Hall–Kier alpha value is -3.63. The molecule has 11 nitrogen and oxygen atoms in total. The molecule has 172 valence electrons. The topological polar surface area (TPSA) is 131 Å². The third-order valence-electron chi connectivity index (χ3n) is 6.22. The minimum absolute atomic E-state index is 0.00958. The minimum atomic E-state index is -0.596. The predicted molar refractivity (Wildman–Crippen MR) is 121 cm³/mol. The van der Waals surface area contributed by atoms with Crippen molar-refractivity contribution in [2.24, 2.45) is 5.92 Å². The first-order valence-electron chi connectivity index (χ1n) is 11.8. The molecule has 4 heterocycles. The zero-order chi connectivity index (χ0) is 23.8. The van der Waals surface area contributed by atoms with Gasteiger partial charge in [0.1, 0.15) is 24.0 Å². The van der Waals surface area contributed by atoms with Gasteiger partial charge in [-0.25, -0.2) is 24.9 Å². The molecule has 2 atom stereocenters. The van der Waals surface area contributed by atoms with Gasteiger partial charge in [0.2, 0.25) is 11.8 Å². The Bertz CT molecular complexity index is 1230. The SMILES string of the molecule is [2H]CNC(=O)[C@@H]1CC(Nc2ncnc3c2nc(-c2cnc(C)nc2)n3CC)CN1C(=O)C1CC1. The van der Waals surface area contributed by atoms with Crippen LogP contribution in [0, 0.1) is 12.8 Å². The third-order valence-corrected chi connectivity index (χ3v) is 6.22. The lowest BCUT2D eigenvalue weighted by atomic mass is 10.1. The molecule has 1 saturated heterocycles. The Morgan fingerprint density at radius 2 is 2.00 bits per heavy atom. The number of rotatable bonds is 6. The van der Waals surface area contributed by atoms with Crippen molar-refractivity contribution in [1.29, 1.82) is 0 Å². The number of amides is 2. The molecule has 5 rings (SSSR count). The Morgan fingerprint density at radius 1 is 1.21 bits per heavy atom. The Balaban J connectivity index is 1.45. The van der Waals surface area contributed by atoms with Gasteiger partial charge in [-0.05, 0) is 33.1 Å². The number of likely N-dealkylation sites (tertiary alicyclic amines) is 1. The molecule has 11 heteroatoms. The fourth-order valence-corrected chi connectivity index (χ4v) is 4.38. The number of nitrogens with zero attached hydrogens (tertiary/aromatic N) is 7. The van der Waals surface area contributed by atoms with Crippen LogP contribution in [-0.2, 0) is 16.1 Å². The first-order chi connectivity index (χ1) is 16.5. The lowest BCUT2D eigenvalue weighted by Crippen LogP contribution is -2.45. The minimum Gasteiger partial charge on any atom is -0.363 e. The molecule has 1 aliphatic carbocycles. The third kappa shape index (κ3) is 3.87. The molecule has 2 amide bonds. The lowest BCUT2D eigenvalue weighted by molar-refractivity contribution is -0.139. The molecule has 1 aliphatic heterocycles. The average Bonchev–Trinajstić information content (AvgIpc) is 3.49. The standard InChI is InChI=1S/C22H27N9O2/c1-4-30-19(14-8-24-12(2)25-9-14)29-17-18(26-11-27-20(17)30)28-15-7-16(21(32)23-3)31(10-15)22(33)13-5-6-13/h8-9,11,13,15-16H,4-7,10H2,1-3H3,(H,23,32)(H,26,27,28)/t15?,16-/m0/s1/i3D. The summed E-state index contributed by atoms with van der Waals surface area (Å²) in [5, 5.41) is 5.94. The molecule has 2 N–H and O–H groups in total. The lowest BCUT2D eigenvalue weighted by Gasteiger charge is -2.23. The first kappa shape index (κ1) is 20.0. The van der Waals surface area contributed by atoms with Gasteiger partial charge < -0.3 is 20.1 Å². The fourth-order valence-electron chi connectivity index (χ4n) is 4.38. The van der Waals surface area contributed by atoms with Crippen molar-refractivity contribution in [3.63, 3.8) is 0 Å². The number of anilines is 1. The Morgan fingerprint density at radius 3 is 2.70 bits per heavy atom. The summed E-state index contributed by atoms with van der Waals surface area (Å²) in [5.74, 6) is 1.66. The molecule has 0 spiro atoms. The smallest absolute Gasteiger partial charge is 0.242 e. The monoisotopic (exact) mass is 450 g/mol. The Labute approximate surface area is 192 Å². The molecule has 3 aromatic rings. The number of aromatic nitrogens is 6. The van der Waals surface area contributed by atoms with Crippen LogP contribution in [0.1, 0.15) is 33.4 Å². The van der Waals surface area contributed by atoms with E-state index in [1.165, 1.54) is 6.33 Å². The van der Waals surface area contributed by atoms with Crippen LogP contribution >= 0.6 is 0 Å². The van der Waals surface area contributed by atoms with Crippen LogP contribution in [-0.4, -0.2) is 71.9 Å². The van der Waals surface area contributed by atoms with Crippen molar-refractivity contribution in [3.8, 4) is 11.4 Å². The van der Waals surface area contributed by atoms with E-state index < -0.39 is 6.04 Å². The average molecular weight is 451 g/mol. The van der Waals surface area contributed by atoms with Crippen molar-refractivity contribution in [3.05, 3.63) is 24.5 Å². The van der Waals surface area contributed by atoms with Crippen LogP contribution in [0.4, 0.5) is 5.82 Å². The summed E-state index contributed by atoms with van der Waals surface area (Å²) in [7, 11) is -0.217. The largest absolute Gasteiger partial charge is 0.363 e. The highest BCUT2D eigenvalue weighted by atomic mass is 16.2. The van der Waals surface area contributed by atoms with Crippen molar-refractivity contribution < 1.29 is 11.0 Å². The van der Waals surface area contributed by atoms with E-state index in [0.29, 0.717) is 48.1 Å². The van der Waals surface area contributed by atoms with E-state index in [2.05, 4.69) is 30.6 Å². The van der Waals surface area contributed by atoms with Gasteiger partial charge in [0, 0.05) is 45.8 Å². The van der Waals surface area contributed by atoms with Crippen molar-refractivity contribution in [2.75, 3.05) is 18.9 Å². The van der Waals surface area contributed by atoms with Crippen molar-refractivity contribution in [2.45, 2.75) is 51.7 Å². The van der Waals surface area contributed by atoms with E-state index in [1.54, 1.807) is 17.3 Å². The maximum atomic E-state index is 12.8. The number of carbonyl (C=O) groups is 2. The molecule has 1 saturated carbocycles. The molecule has 2 fully saturated rings. The molecule has 33 heavy (non-hydrogen) atoms. The summed E-state index contributed by atoms with van der Waals surface area (Å²) < 4.78 is 9.31. The van der Waals surface area contributed by atoms with E-state index in [0.717, 1.165) is 18.4 Å². The summed E-state index contributed by atoms with van der Waals surface area (Å²) in [5.41, 5.74) is 2.08. The Kier molecular flexibility index (Phi) is 5.08. The summed E-state index contributed by atoms with van der Waals surface area (Å²) in [6.45, 7) is 4.89. The second-order valence-electron chi connectivity index (χ2n) is 8.49. The van der Waals surface area contributed by atoms with E-state index in [4.69, 9.17) is 6.35 Å². The van der Waals surface area contributed by atoms with Crippen LogP contribution in [0.2, 0.25) is 0 Å².